The molecule has 66 valence electrons. The molecule has 1 aromatic carbocycles. The highest BCUT2D eigenvalue weighted by atomic mass is 35.5. The van der Waals surface area contributed by atoms with Gasteiger partial charge in [-0.3, -0.25) is 0 Å². The summed E-state index contributed by atoms with van der Waals surface area (Å²) < 4.78 is 0.762. The maximum absolute atomic E-state index is 9.25. The van der Waals surface area contributed by atoms with Gasteiger partial charge in [-0.1, -0.05) is 23.7 Å². The van der Waals surface area contributed by atoms with E-state index in [1.54, 1.807) is 12.1 Å². The molecule has 2 aromatic rings. The van der Waals surface area contributed by atoms with Crippen LogP contribution in [0.2, 0.25) is 4.34 Å². The van der Waals surface area contributed by atoms with Gasteiger partial charge in [0.1, 0.15) is 5.75 Å². The largest absolute Gasteiger partial charge is 0.508 e. The summed E-state index contributed by atoms with van der Waals surface area (Å²) in [7, 11) is 0. The molecule has 0 aliphatic carbocycles. The second-order valence-corrected chi connectivity index (χ2v) is 4.37. The van der Waals surface area contributed by atoms with E-state index in [0.717, 1.165) is 14.8 Å². The fourth-order valence-corrected chi connectivity index (χ4v) is 2.17. The number of halogens is 1. The summed E-state index contributed by atoms with van der Waals surface area (Å²) in [6, 6.07) is 10.9. The molecule has 1 nitrogen and oxygen atoms in total. The van der Waals surface area contributed by atoms with Gasteiger partial charge < -0.3 is 5.11 Å². The highest BCUT2D eigenvalue weighted by Crippen LogP contribution is 2.32. The SMILES string of the molecule is Oc1cccc(-c2ccc(Cl)s2)c1. The van der Waals surface area contributed by atoms with Crippen LogP contribution in [0.15, 0.2) is 36.4 Å². The molecule has 0 amide bonds. The van der Waals surface area contributed by atoms with Crippen LogP contribution < -0.4 is 0 Å². The molecule has 0 aliphatic rings. The lowest BCUT2D eigenvalue weighted by Crippen LogP contribution is -1.70. The molecule has 1 heterocycles. The number of rotatable bonds is 1. The summed E-state index contributed by atoms with van der Waals surface area (Å²) in [6.45, 7) is 0. The van der Waals surface area contributed by atoms with Gasteiger partial charge in [-0.25, -0.2) is 0 Å². The van der Waals surface area contributed by atoms with Crippen molar-refractivity contribution in [2.45, 2.75) is 0 Å². The molecule has 0 spiro atoms. The van der Waals surface area contributed by atoms with Gasteiger partial charge in [0.15, 0.2) is 0 Å². The van der Waals surface area contributed by atoms with Crippen LogP contribution in [0.4, 0.5) is 0 Å². The van der Waals surface area contributed by atoms with Crippen LogP contribution in [-0.4, -0.2) is 5.11 Å². The van der Waals surface area contributed by atoms with Crippen LogP contribution in [-0.2, 0) is 0 Å². The summed E-state index contributed by atoms with van der Waals surface area (Å²) in [6.07, 6.45) is 0. The van der Waals surface area contributed by atoms with Crippen LogP contribution in [0.3, 0.4) is 0 Å². The highest BCUT2D eigenvalue weighted by Gasteiger charge is 2.01. The van der Waals surface area contributed by atoms with E-state index in [1.807, 2.05) is 24.3 Å². The van der Waals surface area contributed by atoms with Crippen molar-refractivity contribution >= 4 is 22.9 Å². The van der Waals surface area contributed by atoms with E-state index in [1.165, 1.54) is 11.3 Å². The first-order valence-corrected chi connectivity index (χ1v) is 5.00. The minimum Gasteiger partial charge on any atom is -0.508 e. The van der Waals surface area contributed by atoms with Crippen molar-refractivity contribution < 1.29 is 5.11 Å². The molecule has 0 saturated carbocycles. The van der Waals surface area contributed by atoms with E-state index in [4.69, 9.17) is 11.6 Å². The molecular formula is C10H7ClOS. The molecule has 1 N–H and O–H groups in total. The Hall–Kier alpha value is -0.990. The average molecular weight is 211 g/mol. The standard InChI is InChI=1S/C10H7ClOS/c11-10-5-4-9(13-10)7-2-1-3-8(12)6-7/h1-6,12H. The summed E-state index contributed by atoms with van der Waals surface area (Å²) in [5.41, 5.74) is 0.997. The molecule has 3 heteroatoms. The number of benzene rings is 1. The van der Waals surface area contributed by atoms with E-state index in [9.17, 15) is 5.11 Å². The second kappa shape index (κ2) is 3.40. The minimum atomic E-state index is 0.280. The maximum Gasteiger partial charge on any atom is 0.116 e. The van der Waals surface area contributed by atoms with Crippen molar-refractivity contribution in [2.75, 3.05) is 0 Å². The van der Waals surface area contributed by atoms with Gasteiger partial charge in [0.25, 0.3) is 0 Å². The molecule has 0 saturated heterocycles. The van der Waals surface area contributed by atoms with Gasteiger partial charge in [-0.05, 0) is 29.8 Å². The van der Waals surface area contributed by atoms with Gasteiger partial charge >= 0.3 is 0 Å². The maximum atomic E-state index is 9.25. The fourth-order valence-electron chi connectivity index (χ4n) is 1.13. The Morgan fingerprint density at radius 2 is 2.00 bits per heavy atom. The molecule has 0 radical (unpaired) electrons. The third kappa shape index (κ3) is 1.85. The summed E-state index contributed by atoms with van der Waals surface area (Å²) in [5.74, 6) is 0.280. The Morgan fingerprint density at radius 1 is 1.15 bits per heavy atom. The van der Waals surface area contributed by atoms with E-state index in [-0.39, 0.29) is 5.75 Å². The normalized spacial score (nSPS) is 10.2. The third-order valence-corrected chi connectivity index (χ3v) is 2.98. The van der Waals surface area contributed by atoms with Crippen LogP contribution in [0, 0.1) is 0 Å². The van der Waals surface area contributed by atoms with Gasteiger partial charge in [0.2, 0.25) is 0 Å². The molecule has 13 heavy (non-hydrogen) atoms. The molecule has 0 aliphatic heterocycles. The van der Waals surface area contributed by atoms with Gasteiger partial charge in [-0.15, -0.1) is 11.3 Å². The Morgan fingerprint density at radius 3 is 2.62 bits per heavy atom. The van der Waals surface area contributed by atoms with Crippen LogP contribution >= 0.6 is 22.9 Å². The molecule has 2 rings (SSSR count). The van der Waals surface area contributed by atoms with E-state index in [0.29, 0.717) is 0 Å². The van der Waals surface area contributed by atoms with Crippen LogP contribution in [0.25, 0.3) is 10.4 Å². The van der Waals surface area contributed by atoms with Crippen LogP contribution in [0.5, 0.6) is 5.75 Å². The number of hydrogen-bond donors (Lipinski definition) is 1. The topological polar surface area (TPSA) is 20.2 Å². The number of hydrogen-bond acceptors (Lipinski definition) is 2. The van der Waals surface area contributed by atoms with Crippen molar-refractivity contribution in [3.63, 3.8) is 0 Å². The predicted octanol–water partition coefficient (Wildman–Crippen LogP) is 3.77. The molecule has 0 unspecified atom stereocenters. The lowest BCUT2D eigenvalue weighted by Gasteiger charge is -1.96. The number of aromatic hydroxyl groups is 1. The Balaban J connectivity index is 2.46. The van der Waals surface area contributed by atoms with Crippen LogP contribution in [0.1, 0.15) is 0 Å². The van der Waals surface area contributed by atoms with E-state index < -0.39 is 0 Å². The molecule has 1 aromatic heterocycles. The lowest BCUT2D eigenvalue weighted by atomic mass is 10.2. The zero-order valence-corrected chi connectivity index (χ0v) is 8.27. The fraction of sp³-hybridized carbons (Fsp3) is 0. The first-order chi connectivity index (χ1) is 6.25. The van der Waals surface area contributed by atoms with Crippen molar-refractivity contribution in [3.8, 4) is 16.2 Å². The summed E-state index contributed by atoms with van der Waals surface area (Å²) >= 11 is 7.31. The van der Waals surface area contributed by atoms with Crippen molar-refractivity contribution in [2.24, 2.45) is 0 Å². The molecule has 0 atom stereocenters. The third-order valence-electron chi connectivity index (χ3n) is 1.70. The monoisotopic (exact) mass is 210 g/mol. The number of thiophene rings is 1. The number of phenolic OH excluding ortho intramolecular Hbond substituents is 1. The Labute approximate surface area is 85.2 Å². The smallest absolute Gasteiger partial charge is 0.116 e. The van der Waals surface area contributed by atoms with Gasteiger partial charge in [0, 0.05) is 4.88 Å². The number of phenols is 1. The second-order valence-electron chi connectivity index (χ2n) is 2.65. The minimum absolute atomic E-state index is 0.280. The molecule has 0 bridgehead atoms. The van der Waals surface area contributed by atoms with E-state index in [2.05, 4.69) is 0 Å². The zero-order valence-electron chi connectivity index (χ0n) is 6.70. The summed E-state index contributed by atoms with van der Waals surface area (Å²) in [4.78, 5) is 1.07. The molecular weight excluding hydrogens is 204 g/mol. The Bertz CT molecular complexity index is 422. The highest BCUT2D eigenvalue weighted by molar-refractivity contribution is 7.19. The van der Waals surface area contributed by atoms with Gasteiger partial charge in [-0.2, -0.15) is 0 Å². The van der Waals surface area contributed by atoms with E-state index >= 15 is 0 Å². The first-order valence-electron chi connectivity index (χ1n) is 3.80. The predicted molar refractivity (Wildman–Crippen MR) is 56.4 cm³/mol. The zero-order chi connectivity index (χ0) is 9.26. The van der Waals surface area contributed by atoms with Gasteiger partial charge in [0.05, 0.1) is 4.34 Å². The van der Waals surface area contributed by atoms with Crippen molar-refractivity contribution in [3.05, 3.63) is 40.7 Å². The average Bonchev–Trinajstić information content (AvgIpc) is 2.52. The first kappa shape index (κ1) is 8.60. The van der Waals surface area contributed by atoms with Crippen molar-refractivity contribution in [1.29, 1.82) is 0 Å². The van der Waals surface area contributed by atoms with Crippen molar-refractivity contribution in [1.82, 2.24) is 0 Å². The summed E-state index contributed by atoms with van der Waals surface area (Å²) in [5, 5.41) is 9.25. The Kier molecular flexibility index (Phi) is 2.25. The lowest BCUT2D eigenvalue weighted by molar-refractivity contribution is 0.475. The quantitative estimate of drug-likeness (QED) is 0.760. The molecule has 0 fully saturated rings.